The normalized spacial score (nSPS) is 9.71. The first-order valence-corrected chi connectivity index (χ1v) is 4.21. The fourth-order valence-electron chi connectivity index (χ4n) is 1.25. The molecule has 0 aliphatic rings. The van der Waals surface area contributed by atoms with Crippen LogP contribution in [0.2, 0.25) is 0 Å². The Balaban J connectivity index is 2.41. The third-order valence-corrected chi connectivity index (χ3v) is 1.85. The van der Waals surface area contributed by atoms with Crippen molar-refractivity contribution in [3.63, 3.8) is 0 Å². The predicted octanol–water partition coefficient (Wildman–Crippen LogP) is 1.44. The molecule has 1 heterocycles. The molecule has 70 valence electrons. The summed E-state index contributed by atoms with van der Waals surface area (Å²) in [6.07, 6.45) is 2.27. The topological polar surface area (TPSA) is 46.9 Å². The Morgan fingerprint density at radius 1 is 1.21 bits per heavy atom. The number of hydrogen-bond donors (Lipinski definition) is 1. The molecule has 2 aromatic rings. The summed E-state index contributed by atoms with van der Waals surface area (Å²) in [6.45, 7) is 0. The van der Waals surface area contributed by atoms with E-state index in [1.807, 2.05) is 30.3 Å². The molecule has 0 fully saturated rings. The van der Waals surface area contributed by atoms with Gasteiger partial charge >= 0.3 is 0 Å². The van der Waals surface area contributed by atoms with Crippen LogP contribution >= 0.6 is 0 Å². The van der Waals surface area contributed by atoms with E-state index in [-0.39, 0.29) is 0 Å². The van der Waals surface area contributed by atoms with E-state index in [9.17, 15) is 4.79 Å². The van der Waals surface area contributed by atoms with Gasteiger partial charge in [-0.2, -0.15) is 5.10 Å². The first-order valence-electron chi connectivity index (χ1n) is 4.21. The number of anilines is 1. The Kier molecular flexibility index (Phi) is 2.27. The molecule has 4 nitrogen and oxygen atoms in total. The second-order valence-electron chi connectivity index (χ2n) is 2.73. The smallest absolute Gasteiger partial charge is 0.212 e. The zero-order valence-corrected chi connectivity index (χ0v) is 7.42. The number of nitrogens with zero attached hydrogens (tertiary/aromatic N) is 2. The monoisotopic (exact) mass is 187 g/mol. The lowest BCUT2D eigenvalue weighted by atomic mass is 10.3. The summed E-state index contributed by atoms with van der Waals surface area (Å²) in [5.41, 5.74) is 0.918. The van der Waals surface area contributed by atoms with Crippen LogP contribution in [0.4, 0.5) is 5.82 Å². The van der Waals surface area contributed by atoms with Gasteiger partial charge in [0.15, 0.2) is 0 Å². The number of rotatable bonds is 3. The summed E-state index contributed by atoms with van der Waals surface area (Å²) >= 11 is 0. The second kappa shape index (κ2) is 3.74. The first kappa shape index (κ1) is 8.50. The lowest BCUT2D eigenvalue weighted by molar-refractivity contribution is -0.105. The van der Waals surface area contributed by atoms with E-state index in [4.69, 9.17) is 0 Å². The fourth-order valence-corrected chi connectivity index (χ4v) is 1.25. The molecule has 0 atom stereocenters. The second-order valence-corrected chi connectivity index (χ2v) is 2.73. The highest BCUT2D eigenvalue weighted by Gasteiger charge is 2.01. The van der Waals surface area contributed by atoms with Crippen LogP contribution in [0.3, 0.4) is 0 Å². The first-order chi connectivity index (χ1) is 6.92. The van der Waals surface area contributed by atoms with Crippen molar-refractivity contribution in [2.75, 3.05) is 5.32 Å². The number of amides is 1. The minimum absolute atomic E-state index is 0.635. The van der Waals surface area contributed by atoms with Gasteiger partial charge in [-0.15, -0.1) is 0 Å². The summed E-state index contributed by atoms with van der Waals surface area (Å²) < 4.78 is 1.66. The molecule has 0 saturated carbocycles. The van der Waals surface area contributed by atoms with Crippen LogP contribution in [0.15, 0.2) is 42.6 Å². The molecule has 0 bridgehead atoms. The van der Waals surface area contributed by atoms with Gasteiger partial charge in [-0.25, -0.2) is 4.68 Å². The molecular formula is C10H9N3O. The molecule has 1 aromatic heterocycles. The maximum Gasteiger partial charge on any atom is 0.212 e. The van der Waals surface area contributed by atoms with Gasteiger partial charge in [0.2, 0.25) is 6.41 Å². The molecule has 0 radical (unpaired) electrons. The van der Waals surface area contributed by atoms with Gasteiger partial charge in [0.25, 0.3) is 0 Å². The highest BCUT2D eigenvalue weighted by Crippen LogP contribution is 2.12. The van der Waals surface area contributed by atoms with Gasteiger partial charge in [-0.3, -0.25) is 4.79 Å². The Morgan fingerprint density at radius 3 is 2.71 bits per heavy atom. The van der Waals surface area contributed by atoms with E-state index in [2.05, 4.69) is 10.4 Å². The van der Waals surface area contributed by atoms with Crippen LogP contribution in [0.1, 0.15) is 0 Å². The molecule has 2 rings (SSSR count). The van der Waals surface area contributed by atoms with Crippen molar-refractivity contribution in [2.24, 2.45) is 0 Å². The quantitative estimate of drug-likeness (QED) is 0.739. The summed E-state index contributed by atoms with van der Waals surface area (Å²) in [5, 5.41) is 6.67. The zero-order chi connectivity index (χ0) is 9.80. The molecule has 1 amide bonds. The Morgan fingerprint density at radius 2 is 2.00 bits per heavy atom. The number of benzene rings is 1. The van der Waals surface area contributed by atoms with Gasteiger partial charge in [-0.05, 0) is 12.1 Å². The van der Waals surface area contributed by atoms with Crippen molar-refractivity contribution in [3.05, 3.63) is 42.6 Å². The van der Waals surface area contributed by atoms with Crippen molar-refractivity contribution in [2.45, 2.75) is 0 Å². The average molecular weight is 187 g/mol. The van der Waals surface area contributed by atoms with Crippen LogP contribution in [0.25, 0.3) is 5.69 Å². The van der Waals surface area contributed by atoms with E-state index in [1.165, 1.54) is 0 Å². The van der Waals surface area contributed by atoms with Crippen LogP contribution < -0.4 is 5.32 Å². The Labute approximate surface area is 81.2 Å². The van der Waals surface area contributed by atoms with Crippen molar-refractivity contribution in [3.8, 4) is 5.69 Å². The van der Waals surface area contributed by atoms with Gasteiger partial charge in [0, 0.05) is 6.07 Å². The van der Waals surface area contributed by atoms with Crippen LogP contribution in [-0.2, 0) is 4.79 Å². The Hall–Kier alpha value is -2.10. The number of nitrogens with one attached hydrogen (secondary N) is 1. The molecule has 0 spiro atoms. The molecular weight excluding hydrogens is 178 g/mol. The predicted molar refractivity (Wildman–Crippen MR) is 53.3 cm³/mol. The molecule has 14 heavy (non-hydrogen) atoms. The van der Waals surface area contributed by atoms with E-state index < -0.39 is 0 Å². The average Bonchev–Trinajstić information content (AvgIpc) is 2.68. The number of carbonyl (C=O) groups is 1. The highest BCUT2D eigenvalue weighted by atomic mass is 16.1. The lowest BCUT2D eigenvalue weighted by Gasteiger charge is -2.04. The Bertz CT molecular complexity index is 422. The summed E-state index contributed by atoms with van der Waals surface area (Å²) in [7, 11) is 0. The number of hydrogen-bond acceptors (Lipinski definition) is 2. The number of aromatic nitrogens is 2. The van der Waals surface area contributed by atoms with Crippen LogP contribution in [0, 0.1) is 0 Å². The fraction of sp³-hybridized carbons (Fsp3) is 0. The van der Waals surface area contributed by atoms with Crippen molar-refractivity contribution in [1.82, 2.24) is 9.78 Å². The summed E-state index contributed by atoms with van der Waals surface area (Å²) in [5.74, 6) is 0.659. The minimum Gasteiger partial charge on any atom is -0.313 e. The van der Waals surface area contributed by atoms with Gasteiger partial charge in [0.1, 0.15) is 5.82 Å². The number of carbonyl (C=O) groups excluding carboxylic acids is 1. The van der Waals surface area contributed by atoms with Crippen molar-refractivity contribution in [1.29, 1.82) is 0 Å². The minimum atomic E-state index is 0.635. The zero-order valence-electron chi connectivity index (χ0n) is 7.42. The maximum atomic E-state index is 10.3. The van der Waals surface area contributed by atoms with Crippen LogP contribution in [-0.4, -0.2) is 16.2 Å². The van der Waals surface area contributed by atoms with E-state index in [0.717, 1.165) is 5.69 Å². The third-order valence-electron chi connectivity index (χ3n) is 1.85. The summed E-state index contributed by atoms with van der Waals surface area (Å²) in [6, 6.07) is 11.3. The van der Waals surface area contributed by atoms with Gasteiger partial charge in [0.05, 0.1) is 11.9 Å². The largest absolute Gasteiger partial charge is 0.313 e. The highest BCUT2D eigenvalue weighted by molar-refractivity contribution is 5.69. The molecule has 0 saturated heterocycles. The van der Waals surface area contributed by atoms with Crippen molar-refractivity contribution >= 4 is 12.2 Å². The molecule has 1 N–H and O–H groups in total. The lowest BCUT2D eigenvalue weighted by Crippen LogP contribution is -2.03. The van der Waals surface area contributed by atoms with Gasteiger partial charge < -0.3 is 5.32 Å². The third kappa shape index (κ3) is 1.50. The molecule has 0 aliphatic heterocycles. The summed E-state index contributed by atoms with van der Waals surface area (Å²) in [4.78, 5) is 10.3. The van der Waals surface area contributed by atoms with E-state index >= 15 is 0 Å². The van der Waals surface area contributed by atoms with Crippen LogP contribution in [0.5, 0.6) is 0 Å². The van der Waals surface area contributed by atoms with E-state index in [1.54, 1.807) is 16.9 Å². The molecule has 1 aromatic carbocycles. The number of para-hydroxylation sites is 1. The SMILES string of the molecule is O=CNc1ccnn1-c1ccccc1. The molecule has 4 heteroatoms. The molecule has 0 aliphatic carbocycles. The standard InChI is InChI=1S/C10H9N3O/c14-8-11-10-6-7-12-13(10)9-4-2-1-3-5-9/h1-8H,(H,11,14). The van der Waals surface area contributed by atoms with Gasteiger partial charge in [-0.1, -0.05) is 18.2 Å². The van der Waals surface area contributed by atoms with Crippen molar-refractivity contribution < 1.29 is 4.79 Å². The van der Waals surface area contributed by atoms with E-state index in [0.29, 0.717) is 12.2 Å². The molecule has 0 unspecified atom stereocenters. The maximum absolute atomic E-state index is 10.3.